The smallest absolute Gasteiger partial charge is 0.244 e. The minimum absolute atomic E-state index is 0.107. The average molecular weight is 492 g/mol. The van der Waals surface area contributed by atoms with Crippen LogP contribution in [0.25, 0.3) is 0 Å². The summed E-state index contributed by atoms with van der Waals surface area (Å²) in [5.74, 6) is -1.50. The van der Waals surface area contributed by atoms with Gasteiger partial charge in [0.25, 0.3) is 0 Å². The van der Waals surface area contributed by atoms with Gasteiger partial charge in [0.1, 0.15) is 18.4 Å². The lowest BCUT2D eigenvalue weighted by Gasteiger charge is -2.32. The molecule has 0 saturated carbocycles. The van der Waals surface area contributed by atoms with Crippen LogP contribution in [0.2, 0.25) is 0 Å². The van der Waals surface area contributed by atoms with E-state index in [4.69, 9.17) is 0 Å². The van der Waals surface area contributed by atoms with Crippen LogP contribution < -0.4 is 9.62 Å². The van der Waals surface area contributed by atoms with E-state index in [-0.39, 0.29) is 24.1 Å². The van der Waals surface area contributed by atoms with Gasteiger partial charge in [0, 0.05) is 18.2 Å². The van der Waals surface area contributed by atoms with Crippen molar-refractivity contribution in [2.24, 2.45) is 0 Å². The monoisotopic (exact) mass is 491 g/mol. The van der Waals surface area contributed by atoms with Crippen molar-refractivity contribution < 1.29 is 22.4 Å². The Hall–Kier alpha value is -2.94. The molecule has 7 nitrogen and oxygen atoms in total. The van der Waals surface area contributed by atoms with Gasteiger partial charge in [0.15, 0.2) is 0 Å². The number of sulfonamides is 1. The van der Waals surface area contributed by atoms with Gasteiger partial charge in [-0.1, -0.05) is 50.2 Å². The van der Waals surface area contributed by atoms with Gasteiger partial charge >= 0.3 is 0 Å². The second-order valence-corrected chi connectivity index (χ2v) is 10.3. The highest BCUT2D eigenvalue weighted by molar-refractivity contribution is 7.92. The predicted octanol–water partition coefficient (Wildman–Crippen LogP) is 3.49. The predicted molar refractivity (Wildman–Crippen MR) is 132 cm³/mol. The van der Waals surface area contributed by atoms with Gasteiger partial charge in [-0.2, -0.15) is 0 Å². The fraction of sp³-hybridized carbons (Fsp3) is 0.440. The van der Waals surface area contributed by atoms with Crippen molar-refractivity contribution in [1.82, 2.24) is 10.2 Å². The molecule has 0 aliphatic heterocycles. The summed E-state index contributed by atoms with van der Waals surface area (Å²) < 4.78 is 40.8. The largest absolute Gasteiger partial charge is 0.352 e. The number of amides is 2. The fourth-order valence-corrected chi connectivity index (χ4v) is 4.39. The molecule has 2 atom stereocenters. The van der Waals surface area contributed by atoms with Crippen LogP contribution in [0.4, 0.5) is 10.1 Å². The van der Waals surface area contributed by atoms with Crippen molar-refractivity contribution >= 4 is 27.5 Å². The van der Waals surface area contributed by atoms with E-state index in [1.165, 1.54) is 23.1 Å². The van der Waals surface area contributed by atoms with Gasteiger partial charge in [-0.3, -0.25) is 13.9 Å². The van der Waals surface area contributed by atoms with Gasteiger partial charge in [0.2, 0.25) is 21.8 Å². The summed E-state index contributed by atoms with van der Waals surface area (Å²) in [5.41, 5.74) is 1.41. The highest BCUT2D eigenvalue weighted by Crippen LogP contribution is 2.24. The molecule has 2 aromatic rings. The second-order valence-electron chi connectivity index (χ2n) is 8.36. The molecule has 0 saturated heterocycles. The van der Waals surface area contributed by atoms with Crippen molar-refractivity contribution in [3.05, 3.63) is 65.5 Å². The number of carbonyl (C=O) groups excluding carboxylic acids is 2. The normalized spacial score (nSPS) is 13.1. The SMILES string of the molecule is CCc1ccccc1N(CC(=O)N(Cc1ccccc1F)[C@@H](C)C(=O)N[C@@H](C)CC)S(C)(=O)=O. The molecule has 0 bridgehead atoms. The molecule has 0 unspecified atom stereocenters. The van der Waals surface area contributed by atoms with E-state index < -0.39 is 34.3 Å². The summed E-state index contributed by atoms with van der Waals surface area (Å²) >= 11 is 0. The van der Waals surface area contributed by atoms with Crippen LogP contribution in [0.15, 0.2) is 48.5 Å². The molecule has 2 rings (SSSR count). The zero-order valence-electron chi connectivity index (χ0n) is 20.4. The molecule has 1 N–H and O–H groups in total. The molecule has 2 aromatic carbocycles. The Morgan fingerprint density at radius 1 is 1.00 bits per heavy atom. The van der Waals surface area contributed by atoms with E-state index in [0.29, 0.717) is 18.5 Å². The Balaban J connectivity index is 2.44. The first-order valence-electron chi connectivity index (χ1n) is 11.4. The summed E-state index contributed by atoms with van der Waals surface area (Å²) in [6, 6.07) is 11.9. The van der Waals surface area contributed by atoms with E-state index in [0.717, 1.165) is 16.1 Å². The van der Waals surface area contributed by atoms with Crippen molar-refractivity contribution in [2.45, 2.75) is 59.2 Å². The van der Waals surface area contributed by atoms with E-state index in [9.17, 15) is 22.4 Å². The third-order valence-corrected chi connectivity index (χ3v) is 6.91. The number of rotatable bonds is 11. The molecular weight excluding hydrogens is 457 g/mol. The third kappa shape index (κ3) is 7.03. The van der Waals surface area contributed by atoms with E-state index in [1.807, 2.05) is 20.8 Å². The zero-order chi connectivity index (χ0) is 25.5. The van der Waals surface area contributed by atoms with Crippen molar-refractivity contribution in [3.63, 3.8) is 0 Å². The Labute approximate surface area is 202 Å². The number of carbonyl (C=O) groups is 2. The van der Waals surface area contributed by atoms with Crippen LogP contribution in [0.3, 0.4) is 0 Å². The van der Waals surface area contributed by atoms with Crippen LogP contribution in [0.1, 0.15) is 45.2 Å². The number of hydrogen-bond acceptors (Lipinski definition) is 4. The number of anilines is 1. The van der Waals surface area contributed by atoms with Crippen molar-refractivity contribution in [1.29, 1.82) is 0 Å². The van der Waals surface area contributed by atoms with Crippen LogP contribution in [-0.2, 0) is 32.6 Å². The molecule has 0 spiro atoms. The first kappa shape index (κ1) is 27.3. The lowest BCUT2D eigenvalue weighted by molar-refractivity contribution is -0.139. The quantitative estimate of drug-likeness (QED) is 0.521. The Morgan fingerprint density at radius 3 is 2.15 bits per heavy atom. The van der Waals surface area contributed by atoms with E-state index in [2.05, 4.69) is 5.32 Å². The first-order valence-corrected chi connectivity index (χ1v) is 13.2. The van der Waals surface area contributed by atoms with Gasteiger partial charge in [-0.15, -0.1) is 0 Å². The van der Waals surface area contributed by atoms with Gasteiger partial charge in [0.05, 0.1) is 11.9 Å². The molecule has 34 heavy (non-hydrogen) atoms. The maximum Gasteiger partial charge on any atom is 0.244 e. The highest BCUT2D eigenvalue weighted by atomic mass is 32.2. The summed E-state index contributed by atoms with van der Waals surface area (Å²) in [4.78, 5) is 27.6. The number of para-hydroxylation sites is 1. The van der Waals surface area contributed by atoms with Crippen LogP contribution in [0.5, 0.6) is 0 Å². The lowest BCUT2D eigenvalue weighted by atomic mass is 10.1. The topological polar surface area (TPSA) is 86.8 Å². The molecule has 0 heterocycles. The number of halogens is 1. The highest BCUT2D eigenvalue weighted by Gasteiger charge is 2.31. The van der Waals surface area contributed by atoms with E-state index in [1.54, 1.807) is 37.3 Å². The Kier molecular flexibility index (Phi) is 9.61. The van der Waals surface area contributed by atoms with E-state index >= 15 is 0 Å². The van der Waals surface area contributed by atoms with Crippen LogP contribution >= 0.6 is 0 Å². The Bertz CT molecular complexity index is 1110. The minimum atomic E-state index is -3.82. The molecular formula is C25H34FN3O4S. The summed E-state index contributed by atoms with van der Waals surface area (Å²) in [5, 5.41) is 2.84. The summed E-state index contributed by atoms with van der Waals surface area (Å²) in [7, 11) is -3.82. The van der Waals surface area contributed by atoms with Crippen molar-refractivity contribution in [2.75, 3.05) is 17.1 Å². The van der Waals surface area contributed by atoms with Gasteiger partial charge in [-0.25, -0.2) is 12.8 Å². The maximum atomic E-state index is 14.4. The molecule has 186 valence electrons. The first-order chi connectivity index (χ1) is 16.0. The number of hydrogen-bond donors (Lipinski definition) is 1. The maximum absolute atomic E-state index is 14.4. The van der Waals surface area contributed by atoms with Crippen LogP contribution in [0, 0.1) is 5.82 Å². The molecule has 0 radical (unpaired) electrons. The standard InChI is InChI=1S/C25H34FN3O4S/c1-6-18(3)27-25(31)19(4)28(16-21-13-8-10-14-22(21)26)24(30)17-29(34(5,32)33)23-15-11-9-12-20(23)7-2/h8-15,18-19H,6-7,16-17H2,1-5H3,(H,27,31)/t18-,19-/m0/s1. The number of nitrogens with one attached hydrogen (secondary N) is 1. The van der Waals surface area contributed by atoms with Crippen molar-refractivity contribution in [3.8, 4) is 0 Å². The molecule has 0 aromatic heterocycles. The summed E-state index contributed by atoms with van der Waals surface area (Å²) in [6.07, 6.45) is 2.31. The number of aryl methyl sites for hydroxylation is 1. The molecule has 2 amide bonds. The van der Waals surface area contributed by atoms with Crippen LogP contribution in [-0.4, -0.2) is 50.0 Å². The number of benzene rings is 2. The molecule has 9 heteroatoms. The second kappa shape index (κ2) is 12.0. The van der Waals surface area contributed by atoms with Gasteiger partial charge < -0.3 is 10.2 Å². The third-order valence-electron chi connectivity index (χ3n) is 5.79. The number of nitrogens with zero attached hydrogens (tertiary/aromatic N) is 2. The lowest BCUT2D eigenvalue weighted by Crippen LogP contribution is -2.52. The minimum Gasteiger partial charge on any atom is -0.352 e. The molecule has 0 aliphatic rings. The summed E-state index contributed by atoms with van der Waals surface area (Å²) in [6.45, 7) is 6.54. The molecule has 0 fully saturated rings. The zero-order valence-corrected chi connectivity index (χ0v) is 21.2. The average Bonchev–Trinajstić information content (AvgIpc) is 2.80. The Morgan fingerprint density at radius 2 is 1.59 bits per heavy atom. The fourth-order valence-electron chi connectivity index (χ4n) is 3.51. The van der Waals surface area contributed by atoms with Gasteiger partial charge in [-0.05, 0) is 44.4 Å². The molecule has 0 aliphatic carbocycles.